The summed E-state index contributed by atoms with van der Waals surface area (Å²) in [4.78, 5) is 31.9. The van der Waals surface area contributed by atoms with Crippen LogP contribution in [0, 0.1) is 5.92 Å². The van der Waals surface area contributed by atoms with Gasteiger partial charge in [-0.15, -0.1) is 0 Å². The topological polar surface area (TPSA) is 65.5 Å². The molecule has 29 heavy (non-hydrogen) atoms. The van der Waals surface area contributed by atoms with E-state index in [9.17, 15) is 22.8 Å². The van der Waals surface area contributed by atoms with Crippen LogP contribution in [-0.4, -0.2) is 65.0 Å². The molecule has 9 heteroatoms. The van der Waals surface area contributed by atoms with Crippen molar-refractivity contribution in [1.29, 1.82) is 0 Å². The zero-order valence-corrected chi connectivity index (χ0v) is 16.3. The molecule has 1 atom stereocenters. The number of nitrogens with one attached hydrogen (secondary N) is 1. The maximum Gasteiger partial charge on any atom is 0.397 e. The Bertz CT molecular complexity index is 691. The van der Waals surface area contributed by atoms with E-state index in [0.29, 0.717) is 39.0 Å². The van der Waals surface area contributed by atoms with Crippen LogP contribution in [0.2, 0.25) is 0 Å². The van der Waals surface area contributed by atoms with Gasteiger partial charge in [-0.2, -0.15) is 13.2 Å². The molecule has 2 aliphatic heterocycles. The number of likely N-dealkylation sites (tertiary alicyclic amines) is 2. The smallest absolute Gasteiger partial charge is 0.352 e. The number of pyridine rings is 1. The van der Waals surface area contributed by atoms with Gasteiger partial charge in [-0.05, 0) is 43.9 Å². The van der Waals surface area contributed by atoms with Crippen LogP contribution in [0.1, 0.15) is 37.7 Å². The first-order chi connectivity index (χ1) is 13.8. The Morgan fingerprint density at radius 2 is 1.93 bits per heavy atom. The fraction of sp³-hybridized carbons (Fsp3) is 0.650. The average Bonchev–Trinajstić information content (AvgIpc) is 2.72. The fourth-order valence-electron chi connectivity index (χ4n) is 4.15. The van der Waals surface area contributed by atoms with Crippen molar-refractivity contribution >= 4 is 11.8 Å². The number of carbonyl (C=O) groups excluding carboxylic acids is 2. The Labute approximate surface area is 168 Å². The van der Waals surface area contributed by atoms with Gasteiger partial charge in [-0.1, -0.05) is 6.07 Å². The highest BCUT2D eigenvalue weighted by atomic mass is 19.4. The molecular formula is C20H27F3N4O2. The van der Waals surface area contributed by atoms with Gasteiger partial charge in [-0.25, -0.2) is 0 Å². The van der Waals surface area contributed by atoms with Gasteiger partial charge in [-0.3, -0.25) is 19.5 Å². The van der Waals surface area contributed by atoms with E-state index in [1.54, 1.807) is 12.4 Å². The summed E-state index contributed by atoms with van der Waals surface area (Å²) >= 11 is 0. The van der Waals surface area contributed by atoms with Crippen LogP contribution >= 0.6 is 0 Å². The first-order valence-corrected chi connectivity index (χ1v) is 10.1. The summed E-state index contributed by atoms with van der Waals surface area (Å²) in [5, 5.41) is 2.97. The highest BCUT2D eigenvalue weighted by molar-refractivity contribution is 5.79. The highest BCUT2D eigenvalue weighted by Gasteiger charge is 2.36. The zero-order valence-electron chi connectivity index (χ0n) is 16.3. The van der Waals surface area contributed by atoms with Crippen molar-refractivity contribution in [2.45, 2.75) is 50.9 Å². The molecule has 2 fully saturated rings. The van der Waals surface area contributed by atoms with E-state index in [1.807, 2.05) is 12.1 Å². The Morgan fingerprint density at radius 1 is 1.17 bits per heavy atom. The molecule has 3 rings (SSSR count). The lowest BCUT2D eigenvalue weighted by Crippen LogP contribution is -2.51. The van der Waals surface area contributed by atoms with Crippen molar-refractivity contribution in [3.05, 3.63) is 30.1 Å². The van der Waals surface area contributed by atoms with Crippen molar-refractivity contribution in [2.24, 2.45) is 5.92 Å². The van der Waals surface area contributed by atoms with E-state index >= 15 is 0 Å². The molecule has 0 saturated carbocycles. The second-order valence-corrected chi connectivity index (χ2v) is 7.82. The van der Waals surface area contributed by atoms with E-state index in [2.05, 4.69) is 15.2 Å². The number of hydrogen-bond donors (Lipinski definition) is 1. The van der Waals surface area contributed by atoms with Gasteiger partial charge >= 0.3 is 6.18 Å². The SMILES string of the molecule is O=C(NCc1cccnc1)[C@H]1CCCN(C2CCN(C(=O)CC(F)(F)F)CC2)C1. The van der Waals surface area contributed by atoms with E-state index in [4.69, 9.17) is 0 Å². The van der Waals surface area contributed by atoms with Crippen LogP contribution < -0.4 is 5.32 Å². The molecule has 0 bridgehead atoms. The number of piperidine rings is 2. The molecule has 0 unspecified atom stereocenters. The lowest BCUT2D eigenvalue weighted by atomic mass is 9.93. The Morgan fingerprint density at radius 3 is 2.59 bits per heavy atom. The number of amides is 2. The van der Waals surface area contributed by atoms with Gasteiger partial charge < -0.3 is 10.2 Å². The van der Waals surface area contributed by atoms with Gasteiger partial charge in [0.05, 0.1) is 5.92 Å². The molecule has 0 spiro atoms. The Kier molecular flexibility index (Phi) is 7.10. The summed E-state index contributed by atoms with van der Waals surface area (Å²) in [6.45, 7) is 2.67. The van der Waals surface area contributed by atoms with Crippen LogP contribution in [0.25, 0.3) is 0 Å². The van der Waals surface area contributed by atoms with Crippen LogP contribution in [0.5, 0.6) is 0 Å². The fourth-order valence-corrected chi connectivity index (χ4v) is 4.15. The molecule has 6 nitrogen and oxygen atoms in total. The molecule has 0 aromatic carbocycles. The molecule has 2 saturated heterocycles. The minimum absolute atomic E-state index is 0.0244. The van der Waals surface area contributed by atoms with Gasteiger partial charge in [0, 0.05) is 44.6 Å². The van der Waals surface area contributed by atoms with E-state index < -0.39 is 18.5 Å². The van der Waals surface area contributed by atoms with Gasteiger partial charge in [0.1, 0.15) is 6.42 Å². The number of hydrogen-bond acceptors (Lipinski definition) is 4. The minimum Gasteiger partial charge on any atom is -0.352 e. The van der Waals surface area contributed by atoms with Crippen molar-refractivity contribution in [3.63, 3.8) is 0 Å². The van der Waals surface area contributed by atoms with Crippen molar-refractivity contribution in [3.8, 4) is 0 Å². The molecule has 0 radical (unpaired) electrons. The Hall–Kier alpha value is -2.16. The summed E-state index contributed by atoms with van der Waals surface area (Å²) in [6.07, 6.45) is 0.600. The summed E-state index contributed by atoms with van der Waals surface area (Å²) in [5.41, 5.74) is 0.949. The van der Waals surface area contributed by atoms with Gasteiger partial charge in [0.2, 0.25) is 11.8 Å². The quantitative estimate of drug-likeness (QED) is 0.807. The third-order valence-corrected chi connectivity index (χ3v) is 5.70. The minimum atomic E-state index is -4.46. The Balaban J connectivity index is 1.45. The molecule has 1 aromatic rings. The second-order valence-electron chi connectivity index (χ2n) is 7.82. The number of alkyl halides is 3. The first kappa shape index (κ1) is 21.5. The monoisotopic (exact) mass is 412 g/mol. The van der Waals surface area contributed by atoms with Crippen LogP contribution in [0.15, 0.2) is 24.5 Å². The lowest BCUT2D eigenvalue weighted by molar-refractivity contribution is -0.162. The predicted octanol–water partition coefficient (Wildman–Crippen LogP) is 2.35. The molecule has 1 aromatic heterocycles. The second kappa shape index (κ2) is 9.56. The number of halogens is 3. The summed E-state index contributed by atoms with van der Waals surface area (Å²) in [6, 6.07) is 3.95. The number of nitrogens with zero attached hydrogens (tertiary/aromatic N) is 3. The molecule has 0 aliphatic carbocycles. The number of rotatable bonds is 5. The summed E-state index contributed by atoms with van der Waals surface area (Å²) in [5.74, 6) is -0.913. The molecule has 160 valence electrons. The zero-order chi connectivity index (χ0) is 20.9. The van der Waals surface area contributed by atoms with Gasteiger partial charge in [0.25, 0.3) is 0 Å². The molecule has 2 amide bonds. The third-order valence-electron chi connectivity index (χ3n) is 5.70. The number of carbonyl (C=O) groups is 2. The standard InChI is InChI=1S/C20H27F3N4O2/c21-20(22,23)11-18(28)26-9-5-17(6-10-26)27-8-2-4-16(14-27)19(29)25-13-15-3-1-7-24-12-15/h1,3,7,12,16-17H,2,4-6,8-11,13-14H2,(H,25,29)/t16-/m0/s1. The van der Waals surface area contributed by atoms with Gasteiger partial charge in [0.15, 0.2) is 0 Å². The maximum atomic E-state index is 12.6. The van der Waals surface area contributed by atoms with Crippen molar-refractivity contribution < 1.29 is 22.8 Å². The van der Waals surface area contributed by atoms with E-state index in [1.165, 1.54) is 4.90 Å². The molecule has 3 heterocycles. The van der Waals surface area contributed by atoms with Crippen molar-refractivity contribution in [2.75, 3.05) is 26.2 Å². The van der Waals surface area contributed by atoms with Crippen molar-refractivity contribution in [1.82, 2.24) is 20.1 Å². The van der Waals surface area contributed by atoms with Crippen LogP contribution in [-0.2, 0) is 16.1 Å². The number of aromatic nitrogens is 1. The van der Waals surface area contributed by atoms with Crippen LogP contribution in [0.4, 0.5) is 13.2 Å². The third kappa shape index (κ3) is 6.42. The predicted molar refractivity (Wildman–Crippen MR) is 101 cm³/mol. The molecule has 2 aliphatic rings. The molecule has 1 N–H and O–H groups in total. The first-order valence-electron chi connectivity index (χ1n) is 10.1. The summed E-state index contributed by atoms with van der Waals surface area (Å²) in [7, 11) is 0. The maximum absolute atomic E-state index is 12.6. The van der Waals surface area contributed by atoms with E-state index in [-0.39, 0.29) is 17.9 Å². The summed E-state index contributed by atoms with van der Waals surface area (Å²) < 4.78 is 37.3. The largest absolute Gasteiger partial charge is 0.397 e. The van der Waals surface area contributed by atoms with E-state index in [0.717, 1.165) is 24.9 Å². The normalized spacial score (nSPS) is 21.8. The lowest BCUT2D eigenvalue weighted by Gasteiger charge is -2.42. The molecular weight excluding hydrogens is 385 g/mol. The highest BCUT2D eigenvalue weighted by Crippen LogP contribution is 2.26. The average molecular weight is 412 g/mol. The van der Waals surface area contributed by atoms with Crippen LogP contribution in [0.3, 0.4) is 0 Å².